The summed E-state index contributed by atoms with van der Waals surface area (Å²) in [6, 6.07) is 10.00. The van der Waals surface area contributed by atoms with Gasteiger partial charge in [-0.05, 0) is 25.0 Å². The van der Waals surface area contributed by atoms with E-state index in [0.717, 1.165) is 6.42 Å². The van der Waals surface area contributed by atoms with Crippen molar-refractivity contribution in [2.75, 3.05) is 11.9 Å². The van der Waals surface area contributed by atoms with Crippen molar-refractivity contribution in [3.05, 3.63) is 35.9 Å². The van der Waals surface area contributed by atoms with Crippen LogP contribution in [0.25, 0.3) is 0 Å². The molecule has 0 saturated carbocycles. The van der Waals surface area contributed by atoms with Crippen LogP contribution in [0, 0.1) is 6.04 Å². The standard InChI is InChI=1S/C10H12N/c1-8-7-9-5-3-4-6-10(9)11(8)2/h3-6H,7H2,1-2H3. The normalized spacial score (nSPS) is 17.1. The third kappa shape index (κ3) is 0.917. The Morgan fingerprint density at radius 3 is 2.73 bits per heavy atom. The van der Waals surface area contributed by atoms with E-state index >= 15 is 0 Å². The number of likely N-dealkylation sites (N-methyl/N-ethyl adjacent to an activating group) is 1. The molecule has 0 amide bonds. The minimum atomic E-state index is 1.12. The predicted octanol–water partition coefficient (Wildman–Crippen LogP) is 2.23. The van der Waals surface area contributed by atoms with Crippen LogP contribution in [-0.4, -0.2) is 7.05 Å². The number of hydrogen-bond donors (Lipinski definition) is 0. The molecule has 0 fully saturated rings. The maximum Gasteiger partial charge on any atom is 0.0643 e. The van der Waals surface area contributed by atoms with E-state index in [2.05, 4.69) is 43.1 Å². The van der Waals surface area contributed by atoms with Gasteiger partial charge in [-0.2, -0.15) is 0 Å². The fraction of sp³-hybridized carbons (Fsp3) is 0.300. The Hall–Kier alpha value is -0.980. The van der Waals surface area contributed by atoms with Crippen molar-refractivity contribution in [2.45, 2.75) is 13.3 Å². The second-order valence-electron chi connectivity index (χ2n) is 3.10. The predicted molar refractivity (Wildman–Crippen MR) is 47.5 cm³/mol. The summed E-state index contributed by atoms with van der Waals surface area (Å²) in [5.74, 6) is 0. The van der Waals surface area contributed by atoms with Crippen molar-refractivity contribution < 1.29 is 0 Å². The Kier molecular flexibility index (Phi) is 1.38. The molecule has 1 nitrogen and oxygen atoms in total. The van der Waals surface area contributed by atoms with E-state index in [0.29, 0.717) is 0 Å². The SMILES string of the molecule is C[C]1Cc2ccccc2N1C. The lowest BCUT2D eigenvalue weighted by molar-refractivity contribution is 0.910. The number of fused-ring (bicyclic) bond motifs is 1. The van der Waals surface area contributed by atoms with Gasteiger partial charge in [0.05, 0.1) is 6.04 Å². The molecule has 1 aliphatic heterocycles. The first kappa shape index (κ1) is 6.71. The molecule has 0 aromatic heterocycles. The molecule has 57 valence electrons. The number of benzene rings is 1. The van der Waals surface area contributed by atoms with Crippen molar-refractivity contribution >= 4 is 5.69 Å². The highest BCUT2D eigenvalue weighted by Crippen LogP contribution is 2.33. The molecule has 1 aromatic rings. The number of hydrogen-bond acceptors (Lipinski definition) is 1. The Morgan fingerprint density at radius 2 is 2.00 bits per heavy atom. The Bertz CT molecular complexity index is 267. The van der Waals surface area contributed by atoms with Crippen LogP contribution in [0.2, 0.25) is 0 Å². The third-order valence-electron chi connectivity index (χ3n) is 2.37. The maximum absolute atomic E-state index is 2.26. The maximum atomic E-state index is 2.26. The van der Waals surface area contributed by atoms with Crippen molar-refractivity contribution in [3.8, 4) is 0 Å². The molecular formula is C10H12N. The lowest BCUT2D eigenvalue weighted by Crippen LogP contribution is -2.15. The van der Waals surface area contributed by atoms with Gasteiger partial charge >= 0.3 is 0 Å². The van der Waals surface area contributed by atoms with Crippen LogP contribution >= 0.6 is 0 Å². The van der Waals surface area contributed by atoms with Gasteiger partial charge in [-0.1, -0.05) is 18.2 Å². The quantitative estimate of drug-likeness (QED) is 0.542. The smallest absolute Gasteiger partial charge is 0.0643 e. The summed E-state index contributed by atoms with van der Waals surface area (Å²) in [4.78, 5) is 2.26. The van der Waals surface area contributed by atoms with Crippen molar-refractivity contribution in [1.82, 2.24) is 0 Å². The molecular weight excluding hydrogens is 134 g/mol. The summed E-state index contributed by atoms with van der Waals surface area (Å²) < 4.78 is 0. The van der Waals surface area contributed by atoms with E-state index in [9.17, 15) is 0 Å². The van der Waals surface area contributed by atoms with Crippen LogP contribution in [0.3, 0.4) is 0 Å². The molecule has 0 aliphatic carbocycles. The zero-order chi connectivity index (χ0) is 7.84. The van der Waals surface area contributed by atoms with Gasteiger partial charge in [0.1, 0.15) is 0 Å². The lowest BCUT2D eigenvalue weighted by atomic mass is 10.1. The highest BCUT2D eigenvalue weighted by Gasteiger charge is 2.21. The molecule has 0 unspecified atom stereocenters. The number of anilines is 1. The van der Waals surface area contributed by atoms with Crippen LogP contribution in [0.5, 0.6) is 0 Å². The first-order chi connectivity index (χ1) is 5.29. The molecule has 1 aromatic carbocycles. The van der Waals surface area contributed by atoms with Gasteiger partial charge in [0.2, 0.25) is 0 Å². The van der Waals surface area contributed by atoms with Gasteiger partial charge in [0.25, 0.3) is 0 Å². The van der Waals surface area contributed by atoms with E-state index in [1.807, 2.05) is 0 Å². The highest BCUT2D eigenvalue weighted by molar-refractivity contribution is 5.61. The zero-order valence-electron chi connectivity index (χ0n) is 6.96. The molecule has 1 aliphatic rings. The van der Waals surface area contributed by atoms with Gasteiger partial charge in [-0.15, -0.1) is 0 Å². The lowest BCUT2D eigenvalue weighted by Gasteiger charge is -2.16. The summed E-state index contributed by atoms with van der Waals surface area (Å²) in [5.41, 5.74) is 2.82. The molecule has 1 heterocycles. The molecule has 1 heteroatoms. The fourth-order valence-electron chi connectivity index (χ4n) is 1.59. The van der Waals surface area contributed by atoms with Crippen molar-refractivity contribution in [2.24, 2.45) is 0 Å². The van der Waals surface area contributed by atoms with E-state index in [-0.39, 0.29) is 0 Å². The van der Waals surface area contributed by atoms with Gasteiger partial charge in [-0.3, -0.25) is 0 Å². The van der Waals surface area contributed by atoms with Crippen LogP contribution in [0.15, 0.2) is 24.3 Å². The number of nitrogens with zero attached hydrogens (tertiary/aromatic N) is 1. The van der Waals surface area contributed by atoms with Crippen LogP contribution < -0.4 is 4.90 Å². The summed E-state index contributed by atoms with van der Waals surface area (Å²) in [5, 5.41) is 0. The largest absolute Gasteiger partial charge is 0.366 e. The Labute approximate surface area is 67.6 Å². The van der Waals surface area contributed by atoms with E-state index in [1.165, 1.54) is 17.3 Å². The Morgan fingerprint density at radius 1 is 1.27 bits per heavy atom. The van der Waals surface area contributed by atoms with Crippen LogP contribution in [0.1, 0.15) is 12.5 Å². The first-order valence-corrected chi connectivity index (χ1v) is 3.93. The topological polar surface area (TPSA) is 3.24 Å². The minimum absolute atomic E-state index is 1.12. The second kappa shape index (κ2) is 2.26. The molecule has 0 saturated heterocycles. The van der Waals surface area contributed by atoms with Gasteiger partial charge in [-0.25, -0.2) is 0 Å². The molecule has 2 rings (SSSR count). The van der Waals surface area contributed by atoms with E-state index < -0.39 is 0 Å². The van der Waals surface area contributed by atoms with Crippen LogP contribution in [-0.2, 0) is 6.42 Å². The second-order valence-corrected chi connectivity index (χ2v) is 3.10. The average molecular weight is 146 g/mol. The van der Waals surface area contributed by atoms with Crippen molar-refractivity contribution in [1.29, 1.82) is 0 Å². The molecule has 0 bridgehead atoms. The van der Waals surface area contributed by atoms with E-state index in [1.54, 1.807) is 0 Å². The molecule has 0 atom stereocenters. The summed E-state index contributed by atoms with van der Waals surface area (Å²) in [7, 11) is 2.13. The van der Waals surface area contributed by atoms with Gasteiger partial charge in [0, 0.05) is 12.7 Å². The number of para-hydroxylation sites is 1. The third-order valence-corrected chi connectivity index (χ3v) is 2.37. The molecule has 0 N–H and O–H groups in total. The summed E-state index contributed by atoms with van der Waals surface area (Å²) in [6.45, 7) is 2.18. The molecule has 11 heavy (non-hydrogen) atoms. The Balaban J connectivity index is 2.47. The van der Waals surface area contributed by atoms with Gasteiger partial charge < -0.3 is 4.90 Å². The highest BCUT2D eigenvalue weighted by atomic mass is 15.1. The van der Waals surface area contributed by atoms with Crippen molar-refractivity contribution in [3.63, 3.8) is 0 Å². The fourth-order valence-corrected chi connectivity index (χ4v) is 1.59. The minimum Gasteiger partial charge on any atom is -0.366 e. The summed E-state index contributed by atoms with van der Waals surface area (Å²) in [6.07, 6.45) is 1.12. The van der Waals surface area contributed by atoms with Gasteiger partial charge in [0.15, 0.2) is 0 Å². The van der Waals surface area contributed by atoms with E-state index in [4.69, 9.17) is 0 Å². The zero-order valence-corrected chi connectivity index (χ0v) is 6.96. The molecule has 1 radical (unpaired) electrons. The average Bonchev–Trinajstić information content (AvgIpc) is 2.30. The first-order valence-electron chi connectivity index (χ1n) is 3.93. The number of rotatable bonds is 0. The molecule has 0 spiro atoms. The summed E-state index contributed by atoms with van der Waals surface area (Å²) >= 11 is 0. The van der Waals surface area contributed by atoms with Crippen LogP contribution in [0.4, 0.5) is 5.69 Å². The monoisotopic (exact) mass is 146 g/mol.